The number of hydrogen-bond acceptors (Lipinski definition) is 5. The molecule has 0 saturated carbocycles. The fraction of sp³-hybridized carbons (Fsp3) is 0.500. The minimum atomic E-state index is 0.244. The molecule has 2 saturated heterocycles. The van der Waals surface area contributed by atoms with Gasteiger partial charge in [0.25, 0.3) is 0 Å². The Morgan fingerprint density at radius 1 is 0.821 bits per heavy atom. The van der Waals surface area contributed by atoms with E-state index in [4.69, 9.17) is 0 Å². The first-order valence-electron chi connectivity index (χ1n) is 10.4. The van der Waals surface area contributed by atoms with Crippen LogP contribution in [0.3, 0.4) is 0 Å². The maximum absolute atomic E-state index is 12.6. The van der Waals surface area contributed by atoms with Crippen molar-refractivity contribution >= 4 is 17.5 Å². The zero-order valence-electron chi connectivity index (χ0n) is 16.5. The molecule has 0 unspecified atom stereocenters. The predicted molar refractivity (Wildman–Crippen MR) is 112 cm³/mol. The number of piperidine rings is 1. The van der Waals surface area contributed by atoms with Crippen LogP contribution in [0.5, 0.6) is 0 Å². The third kappa shape index (κ3) is 4.61. The van der Waals surface area contributed by atoms with Gasteiger partial charge >= 0.3 is 0 Å². The summed E-state index contributed by atoms with van der Waals surface area (Å²) in [6, 6.07) is 10.6. The van der Waals surface area contributed by atoms with Crippen molar-refractivity contribution in [2.75, 3.05) is 49.1 Å². The van der Waals surface area contributed by atoms with Crippen LogP contribution >= 0.6 is 0 Å². The number of anilines is 2. The van der Waals surface area contributed by atoms with E-state index in [0.717, 1.165) is 51.6 Å². The van der Waals surface area contributed by atoms with Crippen molar-refractivity contribution in [3.63, 3.8) is 0 Å². The molecule has 3 heterocycles. The van der Waals surface area contributed by atoms with E-state index in [-0.39, 0.29) is 5.91 Å². The molecule has 6 nitrogen and oxygen atoms in total. The Balaban J connectivity index is 1.23. The van der Waals surface area contributed by atoms with Crippen LogP contribution in [-0.2, 0) is 11.2 Å². The largest absolute Gasteiger partial charge is 0.372 e. The predicted octanol–water partition coefficient (Wildman–Crippen LogP) is 2.75. The van der Waals surface area contributed by atoms with Gasteiger partial charge in [-0.25, -0.2) is 9.97 Å². The summed E-state index contributed by atoms with van der Waals surface area (Å²) in [6.45, 7) is 5.40. The van der Waals surface area contributed by atoms with Crippen molar-refractivity contribution in [1.29, 1.82) is 0 Å². The molecule has 28 heavy (non-hydrogen) atoms. The van der Waals surface area contributed by atoms with Crippen LogP contribution in [0.4, 0.5) is 11.6 Å². The number of carbonyl (C=O) groups excluding carboxylic acids is 1. The molecule has 0 radical (unpaired) electrons. The SMILES string of the molecule is O=C(CCc1ccc(N2CCCCC2)cc1)N1CCN(c2ncccn2)CC1. The molecule has 4 rings (SSSR count). The highest BCUT2D eigenvalue weighted by Gasteiger charge is 2.22. The fourth-order valence-electron chi connectivity index (χ4n) is 4.05. The van der Waals surface area contributed by atoms with E-state index in [1.807, 2.05) is 11.0 Å². The van der Waals surface area contributed by atoms with Crippen LogP contribution in [0.25, 0.3) is 0 Å². The lowest BCUT2D eigenvalue weighted by Crippen LogP contribution is -2.49. The minimum absolute atomic E-state index is 0.244. The van der Waals surface area contributed by atoms with E-state index in [1.165, 1.54) is 30.5 Å². The van der Waals surface area contributed by atoms with Gasteiger partial charge in [-0.05, 0) is 49.4 Å². The van der Waals surface area contributed by atoms with Gasteiger partial charge in [0.15, 0.2) is 0 Å². The molecule has 2 aliphatic heterocycles. The van der Waals surface area contributed by atoms with E-state index >= 15 is 0 Å². The lowest BCUT2D eigenvalue weighted by Gasteiger charge is -2.34. The lowest BCUT2D eigenvalue weighted by atomic mass is 10.1. The smallest absolute Gasteiger partial charge is 0.225 e. The van der Waals surface area contributed by atoms with Crippen molar-refractivity contribution in [1.82, 2.24) is 14.9 Å². The molecule has 0 N–H and O–H groups in total. The second-order valence-corrected chi connectivity index (χ2v) is 7.63. The van der Waals surface area contributed by atoms with Crippen molar-refractivity contribution in [3.05, 3.63) is 48.3 Å². The van der Waals surface area contributed by atoms with Crippen LogP contribution in [0, 0.1) is 0 Å². The molecule has 2 fully saturated rings. The molecule has 6 heteroatoms. The molecular weight excluding hydrogens is 350 g/mol. The summed E-state index contributed by atoms with van der Waals surface area (Å²) in [5.41, 5.74) is 2.56. The first-order valence-corrected chi connectivity index (χ1v) is 10.4. The van der Waals surface area contributed by atoms with E-state index in [9.17, 15) is 4.79 Å². The van der Waals surface area contributed by atoms with E-state index in [1.54, 1.807) is 12.4 Å². The molecule has 0 spiro atoms. The highest BCUT2D eigenvalue weighted by atomic mass is 16.2. The first-order chi connectivity index (χ1) is 13.8. The van der Waals surface area contributed by atoms with Gasteiger partial charge in [0.05, 0.1) is 0 Å². The molecular formula is C22H29N5O. The van der Waals surface area contributed by atoms with E-state index in [0.29, 0.717) is 6.42 Å². The molecule has 2 aromatic rings. The highest BCUT2D eigenvalue weighted by Crippen LogP contribution is 2.21. The quantitative estimate of drug-likeness (QED) is 0.800. The summed E-state index contributed by atoms with van der Waals surface area (Å²) in [5, 5.41) is 0. The van der Waals surface area contributed by atoms with Gasteiger partial charge in [-0.2, -0.15) is 0 Å². The number of carbonyl (C=O) groups is 1. The maximum Gasteiger partial charge on any atom is 0.225 e. The Kier molecular flexibility index (Phi) is 6.04. The van der Waals surface area contributed by atoms with Gasteiger partial charge in [0, 0.05) is 63.8 Å². The molecule has 0 bridgehead atoms. The van der Waals surface area contributed by atoms with Crippen molar-refractivity contribution in [2.45, 2.75) is 32.1 Å². The number of amides is 1. The number of hydrogen-bond donors (Lipinski definition) is 0. The molecule has 148 valence electrons. The fourth-order valence-corrected chi connectivity index (χ4v) is 4.05. The van der Waals surface area contributed by atoms with Gasteiger partial charge < -0.3 is 14.7 Å². The zero-order valence-corrected chi connectivity index (χ0v) is 16.5. The normalized spacial score (nSPS) is 17.6. The highest BCUT2D eigenvalue weighted by molar-refractivity contribution is 5.76. The van der Waals surface area contributed by atoms with Crippen molar-refractivity contribution in [2.24, 2.45) is 0 Å². The van der Waals surface area contributed by atoms with Gasteiger partial charge in [-0.3, -0.25) is 4.79 Å². The average molecular weight is 380 g/mol. The van der Waals surface area contributed by atoms with Crippen molar-refractivity contribution in [3.8, 4) is 0 Å². The van der Waals surface area contributed by atoms with Crippen LogP contribution in [0.2, 0.25) is 0 Å². The zero-order chi connectivity index (χ0) is 19.2. The standard InChI is InChI=1S/C22H29N5O/c28-21(26-15-17-27(18-16-26)22-23-11-4-12-24-22)10-7-19-5-8-20(9-6-19)25-13-2-1-3-14-25/h4-6,8-9,11-12H,1-3,7,10,13-18H2. The van der Waals surface area contributed by atoms with Gasteiger partial charge in [0.2, 0.25) is 11.9 Å². The molecule has 1 amide bonds. The van der Waals surface area contributed by atoms with Crippen LogP contribution in [-0.4, -0.2) is 60.0 Å². The van der Waals surface area contributed by atoms with E-state index in [2.05, 4.69) is 44.0 Å². The van der Waals surface area contributed by atoms with Crippen LogP contribution in [0.15, 0.2) is 42.7 Å². The third-order valence-electron chi connectivity index (χ3n) is 5.75. The summed E-state index contributed by atoms with van der Waals surface area (Å²) < 4.78 is 0. The monoisotopic (exact) mass is 379 g/mol. The van der Waals surface area contributed by atoms with Crippen molar-refractivity contribution < 1.29 is 4.79 Å². The summed E-state index contributed by atoms with van der Waals surface area (Å²) in [6.07, 6.45) is 8.84. The minimum Gasteiger partial charge on any atom is -0.372 e. The topological polar surface area (TPSA) is 52.6 Å². The molecule has 0 aliphatic carbocycles. The number of benzene rings is 1. The first kappa shape index (κ1) is 18.7. The second-order valence-electron chi connectivity index (χ2n) is 7.63. The second kappa shape index (κ2) is 9.04. The van der Waals surface area contributed by atoms with Crippen LogP contribution < -0.4 is 9.80 Å². The molecule has 0 atom stereocenters. The summed E-state index contributed by atoms with van der Waals surface area (Å²) in [4.78, 5) is 27.8. The van der Waals surface area contributed by atoms with E-state index < -0.39 is 0 Å². The van der Waals surface area contributed by atoms with Gasteiger partial charge in [-0.15, -0.1) is 0 Å². The number of aryl methyl sites for hydroxylation is 1. The number of rotatable bonds is 5. The Labute approximate surface area is 167 Å². The number of aromatic nitrogens is 2. The number of piperazine rings is 1. The molecule has 2 aliphatic rings. The Morgan fingerprint density at radius 2 is 1.50 bits per heavy atom. The Hall–Kier alpha value is -2.63. The Bertz CT molecular complexity index is 750. The molecule has 1 aromatic heterocycles. The Morgan fingerprint density at radius 3 is 2.18 bits per heavy atom. The summed E-state index contributed by atoms with van der Waals surface area (Å²) in [7, 11) is 0. The number of nitrogens with zero attached hydrogens (tertiary/aromatic N) is 5. The summed E-state index contributed by atoms with van der Waals surface area (Å²) in [5.74, 6) is 0.997. The van der Waals surface area contributed by atoms with Crippen LogP contribution in [0.1, 0.15) is 31.2 Å². The summed E-state index contributed by atoms with van der Waals surface area (Å²) >= 11 is 0. The third-order valence-corrected chi connectivity index (χ3v) is 5.75. The van der Waals surface area contributed by atoms with Gasteiger partial charge in [-0.1, -0.05) is 12.1 Å². The average Bonchev–Trinajstić information content (AvgIpc) is 2.79. The maximum atomic E-state index is 12.6. The van der Waals surface area contributed by atoms with Gasteiger partial charge in [0.1, 0.15) is 0 Å². The molecule has 1 aromatic carbocycles. The lowest BCUT2D eigenvalue weighted by molar-refractivity contribution is -0.131.